The topological polar surface area (TPSA) is 107 Å². The first-order chi connectivity index (χ1) is 11.3. The number of rotatable bonds is 4. The van der Waals surface area contributed by atoms with Gasteiger partial charge in [-0.3, -0.25) is 10.1 Å². The van der Waals surface area contributed by atoms with Crippen molar-refractivity contribution in [3.05, 3.63) is 51.4 Å². The molecule has 0 radical (unpaired) electrons. The zero-order valence-corrected chi connectivity index (χ0v) is 14.1. The molecule has 0 saturated carbocycles. The second-order valence-electron chi connectivity index (χ2n) is 5.76. The summed E-state index contributed by atoms with van der Waals surface area (Å²) in [5, 5.41) is 14.6. The third-order valence-electron chi connectivity index (χ3n) is 4.28. The van der Waals surface area contributed by atoms with Gasteiger partial charge < -0.3 is 4.52 Å². The minimum absolute atomic E-state index is 0.0479. The van der Waals surface area contributed by atoms with E-state index in [0.717, 1.165) is 12.0 Å². The maximum Gasteiger partial charge on any atom is 0.269 e. The van der Waals surface area contributed by atoms with Crippen molar-refractivity contribution < 1.29 is 17.9 Å². The van der Waals surface area contributed by atoms with Crippen LogP contribution in [-0.4, -0.2) is 29.3 Å². The summed E-state index contributed by atoms with van der Waals surface area (Å²) in [4.78, 5) is 10.2. The smallest absolute Gasteiger partial charge is 0.269 e. The minimum Gasteiger partial charge on any atom is -0.361 e. The number of nitro groups is 1. The fraction of sp³-hybridized carbons (Fsp3) is 0.400. The van der Waals surface area contributed by atoms with Crippen LogP contribution in [0.3, 0.4) is 0 Å². The molecule has 24 heavy (non-hydrogen) atoms. The van der Waals surface area contributed by atoms with Gasteiger partial charge in [-0.1, -0.05) is 5.16 Å². The SMILES string of the molecule is Cc1noc(C)c1[C@H]1CCCN1S(=O)(=O)c1ccc([N+](=O)[O-])cc1. The summed E-state index contributed by atoms with van der Waals surface area (Å²) < 4.78 is 32.5. The third kappa shape index (κ3) is 2.69. The highest BCUT2D eigenvalue weighted by Crippen LogP contribution is 2.39. The van der Waals surface area contributed by atoms with Gasteiger partial charge in [-0.2, -0.15) is 4.31 Å². The van der Waals surface area contributed by atoms with E-state index in [1.807, 2.05) is 0 Å². The zero-order valence-electron chi connectivity index (χ0n) is 13.3. The molecule has 1 saturated heterocycles. The lowest BCUT2D eigenvalue weighted by Gasteiger charge is -2.24. The summed E-state index contributed by atoms with van der Waals surface area (Å²) >= 11 is 0. The molecule has 0 bridgehead atoms. The molecule has 1 aliphatic rings. The fourth-order valence-electron chi connectivity index (χ4n) is 3.16. The van der Waals surface area contributed by atoms with Crippen LogP contribution in [0.5, 0.6) is 0 Å². The fourth-order valence-corrected chi connectivity index (χ4v) is 4.82. The van der Waals surface area contributed by atoms with Crippen LogP contribution in [-0.2, 0) is 10.0 Å². The van der Waals surface area contributed by atoms with Gasteiger partial charge in [0, 0.05) is 24.2 Å². The predicted octanol–water partition coefficient (Wildman–Crippen LogP) is 2.73. The maximum absolute atomic E-state index is 12.9. The number of non-ortho nitro benzene ring substituents is 1. The highest BCUT2D eigenvalue weighted by Gasteiger charge is 2.38. The molecule has 0 unspecified atom stereocenters. The van der Waals surface area contributed by atoms with Crippen molar-refractivity contribution in [3.63, 3.8) is 0 Å². The molecule has 0 aliphatic carbocycles. The standard InChI is InChI=1S/C15H17N3O5S/c1-10-15(11(2)23-16-10)14-4-3-9-17(14)24(21,22)13-7-5-12(6-8-13)18(19)20/h5-8,14H,3-4,9H2,1-2H3/t14-/m1/s1. The number of sulfonamides is 1. The molecule has 2 aromatic rings. The summed E-state index contributed by atoms with van der Waals surface area (Å²) in [6, 6.07) is 4.63. The van der Waals surface area contributed by atoms with Gasteiger partial charge >= 0.3 is 0 Å². The third-order valence-corrected chi connectivity index (χ3v) is 6.20. The Labute approximate surface area is 139 Å². The molecule has 1 aliphatic heterocycles. The summed E-state index contributed by atoms with van der Waals surface area (Å²) in [7, 11) is -3.75. The minimum atomic E-state index is -3.75. The highest BCUT2D eigenvalue weighted by atomic mass is 32.2. The zero-order chi connectivity index (χ0) is 17.5. The summed E-state index contributed by atoms with van der Waals surface area (Å²) in [5.41, 5.74) is 1.35. The number of hydrogen-bond acceptors (Lipinski definition) is 6. The number of nitrogens with zero attached hydrogens (tertiary/aromatic N) is 3. The van der Waals surface area contributed by atoms with Crippen molar-refractivity contribution in [3.8, 4) is 0 Å². The molecule has 128 valence electrons. The first-order valence-corrected chi connectivity index (χ1v) is 8.95. The number of hydrogen-bond donors (Lipinski definition) is 0. The summed E-state index contributed by atoms with van der Waals surface area (Å²) in [6.07, 6.45) is 1.43. The molecule has 1 aromatic carbocycles. The van der Waals surface area contributed by atoms with E-state index in [4.69, 9.17) is 4.52 Å². The first kappa shape index (κ1) is 16.6. The normalized spacial score (nSPS) is 18.8. The molecule has 9 heteroatoms. The molecule has 3 rings (SSSR count). The second-order valence-corrected chi connectivity index (χ2v) is 7.65. The van der Waals surface area contributed by atoms with Gasteiger partial charge in [0.1, 0.15) is 5.76 Å². The lowest BCUT2D eigenvalue weighted by Crippen LogP contribution is -2.31. The Bertz CT molecular complexity index is 854. The van der Waals surface area contributed by atoms with E-state index in [1.165, 1.54) is 28.6 Å². The van der Waals surface area contributed by atoms with Gasteiger partial charge in [0.25, 0.3) is 5.69 Å². The molecular formula is C15H17N3O5S. The number of nitro benzene ring substituents is 1. The van der Waals surface area contributed by atoms with E-state index >= 15 is 0 Å². The van der Waals surface area contributed by atoms with Crippen LogP contribution in [0.15, 0.2) is 33.7 Å². The Kier molecular flexibility index (Phi) is 4.14. The van der Waals surface area contributed by atoms with Crippen LogP contribution in [0.4, 0.5) is 5.69 Å². The van der Waals surface area contributed by atoms with E-state index in [-0.39, 0.29) is 16.6 Å². The number of aryl methyl sites for hydroxylation is 2. The molecule has 2 heterocycles. The van der Waals surface area contributed by atoms with Crippen molar-refractivity contribution in [1.82, 2.24) is 9.46 Å². The van der Waals surface area contributed by atoms with Gasteiger partial charge in [0.15, 0.2) is 0 Å². The Balaban J connectivity index is 1.98. The maximum atomic E-state index is 12.9. The van der Waals surface area contributed by atoms with Gasteiger partial charge in [-0.25, -0.2) is 8.42 Å². The van der Waals surface area contributed by atoms with E-state index < -0.39 is 14.9 Å². The summed E-state index contributed by atoms with van der Waals surface area (Å²) in [5.74, 6) is 0.614. The van der Waals surface area contributed by atoms with Gasteiger partial charge in [0.2, 0.25) is 10.0 Å². The van der Waals surface area contributed by atoms with E-state index in [2.05, 4.69) is 5.16 Å². The van der Waals surface area contributed by atoms with Crippen LogP contribution in [0.1, 0.15) is 35.9 Å². The Hall–Kier alpha value is -2.26. The largest absolute Gasteiger partial charge is 0.361 e. The van der Waals surface area contributed by atoms with Crippen molar-refractivity contribution in [2.24, 2.45) is 0 Å². The Morgan fingerprint density at radius 3 is 2.50 bits per heavy atom. The number of benzene rings is 1. The van der Waals surface area contributed by atoms with Crippen molar-refractivity contribution in [2.75, 3.05) is 6.54 Å². The molecule has 1 aromatic heterocycles. The van der Waals surface area contributed by atoms with Crippen LogP contribution in [0.25, 0.3) is 0 Å². The molecular weight excluding hydrogens is 334 g/mol. The molecule has 0 N–H and O–H groups in total. The second kappa shape index (κ2) is 5.99. The highest BCUT2D eigenvalue weighted by molar-refractivity contribution is 7.89. The Morgan fingerprint density at radius 1 is 1.29 bits per heavy atom. The van der Waals surface area contributed by atoms with Crippen LogP contribution in [0.2, 0.25) is 0 Å². The quantitative estimate of drug-likeness (QED) is 0.619. The first-order valence-electron chi connectivity index (χ1n) is 7.51. The van der Waals surface area contributed by atoms with Gasteiger partial charge in [0.05, 0.1) is 21.6 Å². The monoisotopic (exact) mass is 351 g/mol. The predicted molar refractivity (Wildman–Crippen MR) is 84.9 cm³/mol. The Morgan fingerprint density at radius 2 is 1.96 bits per heavy atom. The van der Waals surface area contributed by atoms with Crippen molar-refractivity contribution in [2.45, 2.75) is 37.6 Å². The number of aromatic nitrogens is 1. The van der Waals surface area contributed by atoms with Crippen molar-refractivity contribution >= 4 is 15.7 Å². The molecule has 0 spiro atoms. The van der Waals surface area contributed by atoms with Gasteiger partial charge in [-0.05, 0) is 38.8 Å². The molecule has 1 atom stereocenters. The average Bonchev–Trinajstić information content (AvgIpc) is 3.14. The van der Waals surface area contributed by atoms with Crippen LogP contribution < -0.4 is 0 Å². The molecule has 0 amide bonds. The lowest BCUT2D eigenvalue weighted by atomic mass is 10.0. The van der Waals surface area contributed by atoms with Crippen LogP contribution in [0, 0.1) is 24.0 Å². The van der Waals surface area contributed by atoms with E-state index in [1.54, 1.807) is 13.8 Å². The average molecular weight is 351 g/mol. The molecule has 8 nitrogen and oxygen atoms in total. The summed E-state index contributed by atoms with van der Waals surface area (Å²) in [6.45, 7) is 3.96. The van der Waals surface area contributed by atoms with Crippen molar-refractivity contribution in [1.29, 1.82) is 0 Å². The lowest BCUT2D eigenvalue weighted by molar-refractivity contribution is -0.384. The van der Waals surface area contributed by atoms with Crippen LogP contribution >= 0.6 is 0 Å². The van der Waals surface area contributed by atoms with Gasteiger partial charge in [-0.15, -0.1) is 0 Å². The molecule has 1 fully saturated rings. The van der Waals surface area contributed by atoms with E-state index in [0.29, 0.717) is 24.4 Å². The van der Waals surface area contributed by atoms with E-state index in [9.17, 15) is 18.5 Å².